The molecule has 0 heterocycles. The average molecular weight is 378 g/mol. The molecule has 0 heteroatoms. The van der Waals surface area contributed by atoms with Crippen molar-refractivity contribution in [3.63, 3.8) is 0 Å². The third kappa shape index (κ3) is 2.11. The highest BCUT2D eigenvalue weighted by Gasteiger charge is 2.10. The minimum Gasteiger partial charge on any atom is -0.0616 e. The Morgan fingerprint density at radius 3 is 1.43 bits per heavy atom. The minimum absolute atomic E-state index is 1.29. The lowest BCUT2D eigenvalue weighted by Gasteiger charge is -2.13. The molecule has 0 fully saturated rings. The van der Waals surface area contributed by atoms with E-state index in [1.807, 2.05) is 0 Å². The predicted octanol–water partition coefficient (Wildman–Crippen LogP) is 8.61. The molecule has 0 atom stereocenters. The molecular weight excluding hydrogens is 360 g/mol. The normalized spacial score (nSPS) is 12.0. The van der Waals surface area contributed by atoms with Gasteiger partial charge in [-0.3, -0.25) is 0 Å². The van der Waals surface area contributed by atoms with Gasteiger partial charge >= 0.3 is 0 Å². The SMILES string of the molecule is c1ccc2c(c1)ccc1cc3ccc4ccc5ccc6ccccc6c5c4c3cc12. The third-order valence-corrected chi connectivity index (χ3v) is 6.57. The Balaban J connectivity index is 1.78. The first-order valence-corrected chi connectivity index (χ1v) is 10.5. The van der Waals surface area contributed by atoms with Crippen LogP contribution in [0.1, 0.15) is 0 Å². The lowest BCUT2D eigenvalue weighted by Crippen LogP contribution is -1.85. The molecule has 0 nitrogen and oxygen atoms in total. The summed E-state index contributed by atoms with van der Waals surface area (Å²) in [6.45, 7) is 0. The van der Waals surface area contributed by atoms with Crippen molar-refractivity contribution >= 4 is 64.6 Å². The largest absolute Gasteiger partial charge is 0.0616 e. The van der Waals surface area contributed by atoms with Crippen molar-refractivity contribution in [1.29, 1.82) is 0 Å². The Kier molecular flexibility index (Phi) is 3.09. The predicted molar refractivity (Wildman–Crippen MR) is 131 cm³/mol. The highest BCUT2D eigenvalue weighted by molar-refractivity contribution is 6.29. The van der Waals surface area contributed by atoms with Crippen LogP contribution in [0.5, 0.6) is 0 Å². The van der Waals surface area contributed by atoms with Gasteiger partial charge in [0.15, 0.2) is 0 Å². The van der Waals surface area contributed by atoms with Crippen molar-refractivity contribution in [2.75, 3.05) is 0 Å². The molecule has 0 N–H and O–H groups in total. The fraction of sp³-hybridized carbons (Fsp3) is 0. The van der Waals surface area contributed by atoms with Crippen LogP contribution < -0.4 is 0 Å². The molecule has 7 aromatic carbocycles. The molecule has 0 spiro atoms. The van der Waals surface area contributed by atoms with Crippen LogP contribution in [0.3, 0.4) is 0 Å². The summed E-state index contributed by atoms with van der Waals surface area (Å²) >= 11 is 0. The molecule has 138 valence electrons. The Morgan fingerprint density at radius 1 is 0.267 bits per heavy atom. The van der Waals surface area contributed by atoms with Crippen molar-refractivity contribution in [3.05, 3.63) is 109 Å². The third-order valence-electron chi connectivity index (χ3n) is 6.57. The molecule has 7 aromatic rings. The van der Waals surface area contributed by atoms with Crippen LogP contribution in [-0.2, 0) is 0 Å². The first kappa shape index (κ1) is 16.0. The zero-order chi connectivity index (χ0) is 19.7. The molecule has 0 aliphatic heterocycles. The van der Waals surface area contributed by atoms with E-state index < -0.39 is 0 Å². The fourth-order valence-corrected chi connectivity index (χ4v) is 5.15. The maximum absolute atomic E-state index is 2.41. The van der Waals surface area contributed by atoms with Crippen LogP contribution in [0.15, 0.2) is 109 Å². The summed E-state index contributed by atoms with van der Waals surface area (Å²) in [5.74, 6) is 0. The van der Waals surface area contributed by atoms with Gasteiger partial charge in [-0.25, -0.2) is 0 Å². The fourth-order valence-electron chi connectivity index (χ4n) is 5.15. The van der Waals surface area contributed by atoms with Crippen molar-refractivity contribution in [2.45, 2.75) is 0 Å². The standard InChI is InChI=1S/C30H18/c1-3-7-25-19(5-1)10-15-23-17-24-16-14-22-13-12-21-11-9-20-6-2-4-8-26(20)29(21)30(22)28(24)18-27(23)25/h1-18H. The average Bonchev–Trinajstić information content (AvgIpc) is 2.82. The summed E-state index contributed by atoms with van der Waals surface area (Å²) in [6, 6.07) is 40.2. The van der Waals surface area contributed by atoms with Gasteiger partial charge < -0.3 is 0 Å². The van der Waals surface area contributed by atoms with Gasteiger partial charge in [0.05, 0.1) is 0 Å². The van der Waals surface area contributed by atoms with E-state index in [1.165, 1.54) is 64.6 Å². The summed E-state index contributed by atoms with van der Waals surface area (Å²) in [6.07, 6.45) is 0. The summed E-state index contributed by atoms with van der Waals surface area (Å²) in [7, 11) is 0. The van der Waals surface area contributed by atoms with Crippen LogP contribution in [0.4, 0.5) is 0 Å². The quantitative estimate of drug-likeness (QED) is 0.183. The summed E-state index contributed by atoms with van der Waals surface area (Å²) in [5, 5.41) is 15.8. The van der Waals surface area contributed by atoms with Gasteiger partial charge in [0.1, 0.15) is 0 Å². The number of hydrogen-bond acceptors (Lipinski definition) is 0. The second-order valence-corrected chi connectivity index (χ2v) is 8.20. The molecule has 0 aromatic heterocycles. The maximum Gasteiger partial charge on any atom is -0.00203 e. The first-order chi connectivity index (χ1) is 14.9. The molecule has 0 aliphatic rings. The van der Waals surface area contributed by atoms with Gasteiger partial charge in [-0.1, -0.05) is 97.1 Å². The minimum atomic E-state index is 1.29. The Bertz CT molecular complexity index is 1780. The molecule has 30 heavy (non-hydrogen) atoms. The van der Waals surface area contributed by atoms with E-state index in [0.717, 1.165) is 0 Å². The van der Waals surface area contributed by atoms with E-state index in [0.29, 0.717) is 0 Å². The van der Waals surface area contributed by atoms with Crippen LogP contribution in [-0.4, -0.2) is 0 Å². The van der Waals surface area contributed by atoms with Gasteiger partial charge in [0, 0.05) is 0 Å². The monoisotopic (exact) mass is 378 g/mol. The summed E-state index contributed by atoms with van der Waals surface area (Å²) < 4.78 is 0. The highest BCUT2D eigenvalue weighted by Crippen LogP contribution is 2.38. The Morgan fingerprint density at radius 2 is 0.733 bits per heavy atom. The number of benzene rings is 7. The van der Waals surface area contributed by atoms with Crippen molar-refractivity contribution in [1.82, 2.24) is 0 Å². The number of hydrogen-bond donors (Lipinski definition) is 0. The molecular formula is C30H18. The Hall–Kier alpha value is -3.90. The van der Waals surface area contributed by atoms with Gasteiger partial charge in [-0.05, 0) is 76.8 Å². The molecule has 0 radical (unpaired) electrons. The molecule has 0 saturated heterocycles. The highest BCUT2D eigenvalue weighted by atomic mass is 14.1. The van der Waals surface area contributed by atoms with E-state index in [-0.39, 0.29) is 0 Å². The zero-order valence-electron chi connectivity index (χ0n) is 16.4. The van der Waals surface area contributed by atoms with Crippen LogP contribution in [0.25, 0.3) is 64.6 Å². The molecule has 0 unspecified atom stereocenters. The molecule has 0 saturated carbocycles. The second kappa shape index (κ2) is 5.81. The molecule has 0 bridgehead atoms. The van der Waals surface area contributed by atoms with E-state index >= 15 is 0 Å². The lowest BCUT2D eigenvalue weighted by molar-refractivity contribution is 1.78. The molecule has 0 amide bonds. The smallest absolute Gasteiger partial charge is 0.00203 e. The Labute approximate surface area is 174 Å². The van der Waals surface area contributed by atoms with Crippen LogP contribution >= 0.6 is 0 Å². The van der Waals surface area contributed by atoms with E-state index in [4.69, 9.17) is 0 Å². The molecule has 0 aliphatic carbocycles. The van der Waals surface area contributed by atoms with E-state index in [1.54, 1.807) is 0 Å². The van der Waals surface area contributed by atoms with Gasteiger partial charge in [0.25, 0.3) is 0 Å². The van der Waals surface area contributed by atoms with E-state index in [9.17, 15) is 0 Å². The van der Waals surface area contributed by atoms with Gasteiger partial charge in [-0.15, -0.1) is 0 Å². The number of rotatable bonds is 0. The van der Waals surface area contributed by atoms with Crippen molar-refractivity contribution in [3.8, 4) is 0 Å². The van der Waals surface area contributed by atoms with Gasteiger partial charge in [-0.2, -0.15) is 0 Å². The first-order valence-electron chi connectivity index (χ1n) is 10.5. The lowest BCUT2D eigenvalue weighted by atomic mass is 9.91. The maximum atomic E-state index is 2.41. The van der Waals surface area contributed by atoms with Crippen LogP contribution in [0, 0.1) is 0 Å². The van der Waals surface area contributed by atoms with Gasteiger partial charge in [0.2, 0.25) is 0 Å². The molecule has 7 rings (SSSR count). The van der Waals surface area contributed by atoms with Crippen molar-refractivity contribution in [2.24, 2.45) is 0 Å². The second-order valence-electron chi connectivity index (χ2n) is 8.20. The summed E-state index contributed by atoms with van der Waals surface area (Å²) in [4.78, 5) is 0. The number of fused-ring (bicyclic) bond motifs is 10. The van der Waals surface area contributed by atoms with E-state index in [2.05, 4.69) is 109 Å². The summed E-state index contributed by atoms with van der Waals surface area (Å²) in [5.41, 5.74) is 0. The van der Waals surface area contributed by atoms with Crippen molar-refractivity contribution < 1.29 is 0 Å². The zero-order valence-corrected chi connectivity index (χ0v) is 16.4. The van der Waals surface area contributed by atoms with Crippen LogP contribution in [0.2, 0.25) is 0 Å². The topological polar surface area (TPSA) is 0 Å².